The van der Waals surface area contributed by atoms with E-state index in [0.29, 0.717) is 17.9 Å². The van der Waals surface area contributed by atoms with Crippen molar-refractivity contribution in [1.29, 1.82) is 0 Å². The third kappa shape index (κ3) is 9.25. The lowest BCUT2D eigenvalue weighted by Crippen LogP contribution is -2.06. The molecule has 0 aliphatic carbocycles. The van der Waals surface area contributed by atoms with Crippen molar-refractivity contribution in [2.24, 2.45) is 15.7 Å². The number of nitrogens with zero attached hydrogens (tertiary/aromatic N) is 2. The van der Waals surface area contributed by atoms with Gasteiger partial charge in [0.2, 0.25) is 0 Å². The van der Waals surface area contributed by atoms with Crippen molar-refractivity contribution in [2.45, 2.75) is 27.7 Å². The molecule has 0 saturated heterocycles. The molecule has 1 aromatic rings. The van der Waals surface area contributed by atoms with Crippen LogP contribution in [-0.2, 0) is 0 Å². The molecule has 4 nitrogen and oxygen atoms in total. The van der Waals surface area contributed by atoms with Gasteiger partial charge in [-0.05, 0) is 37.1 Å². The fourth-order valence-corrected chi connectivity index (χ4v) is 1.58. The fourth-order valence-electron chi connectivity index (χ4n) is 1.58. The maximum Gasteiger partial charge on any atom is 0.192 e. The molecule has 0 heterocycles. The summed E-state index contributed by atoms with van der Waals surface area (Å²) < 4.78 is 18.7. The molecule has 0 amide bonds. The fraction of sp³-hybridized carbons (Fsp3) is 0.300. The molecule has 0 aliphatic rings. The van der Waals surface area contributed by atoms with Crippen molar-refractivity contribution in [3.63, 3.8) is 0 Å². The number of halogens is 1. The van der Waals surface area contributed by atoms with Gasteiger partial charge in [0, 0.05) is 25.4 Å². The van der Waals surface area contributed by atoms with E-state index >= 15 is 0 Å². The Bertz CT molecular complexity index is 674. The summed E-state index contributed by atoms with van der Waals surface area (Å²) in [7, 11) is 1.71. The van der Waals surface area contributed by atoms with Crippen molar-refractivity contribution in [3.8, 4) is 5.75 Å². The quantitative estimate of drug-likeness (QED) is 0.445. The topological polar surface area (TPSA) is 60.0 Å². The monoisotopic (exact) mass is 345 g/mol. The average Bonchev–Trinajstić information content (AvgIpc) is 2.62. The van der Waals surface area contributed by atoms with Crippen molar-refractivity contribution in [2.75, 3.05) is 13.6 Å². The zero-order chi connectivity index (χ0) is 19.2. The Labute approximate surface area is 150 Å². The molecule has 5 heteroatoms. The van der Waals surface area contributed by atoms with Crippen molar-refractivity contribution >= 4 is 11.9 Å². The highest BCUT2D eigenvalue weighted by Crippen LogP contribution is 2.16. The van der Waals surface area contributed by atoms with Crippen LogP contribution in [0.15, 0.2) is 64.4 Å². The summed E-state index contributed by atoms with van der Waals surface area (Å²) >= 11 is 0. The molecule has 25 heavy (non-hydrogen) atoms. The summed E-state index contributed by atoms with van der Waals surface area (Å²) in [4.78, 5) is 8.33. The number of nitrogens with two attached hydrogens (primary N) is 1. The molecule has 1 rings (SSSR count). The minimum atomic E-state index is -0.336. The largest absolute Gasteiger partial charge is 0.441 e. The van der Waals surface area contributed by atoms with Crippen LogP contribution in [0.1, 0.15) is 26.3 Å². The molecule has 0 radical (unpaired) electrons. The van der Waals surface area contributed by atoms with Gasteiger partial charge in [-0.25, -0.2) is 4.39 Å². The number of benzene rings is 1. The molecule has 1 aromatic carbocycles. The lowest BCUT2D eigenvalue weighted by atomic mass is 10.2. The van der Waals surface area contributed by atoms with Gasteiger partial charge in [0.25, 0.3) is 0 Å². The first-order valence-corrected chi connectivity index (χ1v) is 8.12. The molecule has 0 aliphatic heterocycles. The van der Waals surface area contributed by atoms with Gasteiger partial charge in [0.15, 0.2) is 5.88 Å². The second-order valence-electron chi connectivity index (χ2n) is 4.88. The van der Waals surface area contributed by atoms with Gasteiger partial charge in [-0.2, -0.15) is 0 Å². The highest BCUT2D eigenvalue weighted by molar-refractivity contribution is 5.98. The first kappa shape index (κ1) is 22.3. The summed E-state index contributed by atoms with van der Waals surface area (Å²) in [6.45, 7) is 11.7. The zero-order valence-corrected chi connectivity index (χ0v) is 15.7. The van der Waals surface area contributed by atoms with Crippen molar-refractivity contribution in [3.05, 3.63) is 65.8 Å². The van der Waals surface area contributed by atoms with Crippen LogP contribution < -0.4 is 10.5 Å². The number of aliphatic imine (C=N–C) groups is 2. The van der Waals surface area contributed by atoms with Gasteiger partial charge in [-0.3, -0.25) is 9.98 Å². The Hall–Kier alpha value is -2.69. The summed E-state index contributed by atoms with van der Waals surface area (Å²) in [5.41, 5.74) is 8.11. The standard InChI is InChI=1S/C18H22FN3O.C2H6/c1-5-13(2)10-15(21-4)12-22-9-8-18(20)23-16-7-6-14(3)17(19)11-16;1-2/h5-11H,1,12,20H2,2-4H3;1-2H3/b13-10-,18-8+,21-15?,22-9?;. The van der Waals surface area contributed by atoms with Gasteiger partial charge < -0.3 is 10.5 Å². The molecule has 2 N–H and O–H groups in total. The van der Waals surface area contributed by atoms with E-state index in [-0.39, 0.29) is 11.7 Å². The van der Waals surface area contributed by atoms with Gasteiger partial charge in [-0.1, -0.05) is 32.6 Å². The Kier molecular flexibility index (Phi) is 11.3. The summed E-state index contributed by atoms with van der Waals surface area (Å²) in [6.07, 6.45) is 6.70. The molecule has 0 spiro atoms. The van der Waals surface area contributed by atoms with Crippen LogP contribution >= 0.6 is 0 Å². The lowest BCUT2D eigenvalue weighted by molar-refractivity contribution is 0.417. The third-order valence-corrected chi connectivity index (χ3v) is 2.98. The molecule has 0 bridgehead atoms. The van der Waals surface area contributed by atoms with Crippen LogP contribution in [0.3, 0.4) is 0 Å². The molecular weight excluding hydrogens is 317 g/mol. The van der Waals surface area contributed by atoms with Gasteiger partial charge >= 0.3 is 0 Å². The van der Waals surface area contributed by atoms with Gasteiger partial charge in [0.1, 0.15) is 11.6 Å². The van der Waals surface area contributed by atoms with Crippen LogP contribution in [0.2, 0.25) is 0 Å². The Morgan fingerprint density at radius 2 is 2.04 bits per heavy atom. The number of hydrogen-bond acceptors (Lipinski definition) is 4. The normalized spacial score (nSPS) is 12.6. The van der Waals surface area contributed by atoms with E-state index in [1.54, 1.807) is 32.2 Å². The second kappa shape index (κ2) is 12.7. The first-order valence-electron chi connectivity index (χ1n) is 8.12. The molecule has 0 atom stereocenters. The Morgan fingerprint density at radius 1 is 1.36 bits per heavy atom. The molecule has 0 saturated carbocycles. The van der Waals surface area contributed by atoms with E-state index in [9.17, 15) is 4.39 Å². The lowest BCUT2D eigenvalue weighted by Gasteiger charge is -2.05. The van der Waals surface area contributed by atoms with E-state index in [1.807, 2.05) is 26.8 Å². The van der Waals surface area contributed by atoms with E-state index in [4.69, 9.17) is 10.5 Å². The molecular formula is C20H28FN3O. The van der Waals surface area contributed by atoms with Crippen LogP contribution in [0.5, 0.6) is 5.75 Å². The minimum absolute atomic E-state index is 0.129. The minimum Gasteiger partial charge on any atom is -0.441 e. The number of aryl methyl sites for hydroxylation is 1. The number of rotatable bonds is 7. The predicted molar refractivity (Wildman–Crippen MR) is 106 cm³/mol. The smallest absolute Gasteiger partial charge is 0.192 e. The number of allylic oxidation sites excluding steroid dienone is 3. The molecule has 0 fully saturated rings. The maximum absolute atomic E-state index is 13.4. The third-order valence-electron chi connectivity index (χ3n) is 2.98. The molecule has 0 unspecified atom stereocenters. The second-order valence-corrected chi connectivity index (χ2v) is 4.88. The zero-order valence-electron chi connectivity index (χ0n) is 15.7. The Morgan fingerprint density at radius 3 is 2.60 bits per heavy atom. The van der Waals surface area contributed by atoms with Gasteiger partial charge in [-0.15, -0.1) is 0 Å². The van der Waals surface area contributed by atoms with Crippen LogP contribution in [0.25, 0.3) is 0 Å². The highest BCUT2D eigenvalue weighted by Gasteiger charge is 2.01. The van der Waals surface area contributed by atoms with E-state index in [0.717, 1.165) is 11.3 Å². The predicted octanol–water partition coefficient (Wildman–Crippen LogP) is 4.61. The van der Waals surface area contributed by atoms with Crippen LogP contribution in [0.4, 0.5) is 4.39 Å². The number of ether oxygens (including phenoxy) is 1. The SMILES string of the molecule is C=C/C(C)=C\C(CN=C/C=C(\N)Oc1ccc(C)c(F)c1)=NC.CC. The maximum atomic E-state index is 13.4. The molecule has 0 aromatic heterocycles. The number of hydrogen-bond donors (Lipinski definition) is 1. The molecule has 136 valence electrons. The van der Waals surface area contributed by atoms with E-state index in [1.165, 1.54) is 18.4 Å². The summed E-state index contributed by atoms with van der Waals surface area (Å²) in [5, 5.41) is 0. The van der Waals surface area contributed by atoms with Gasteiger partial charge in [0.05, 0.1) is 12.3 Å². The van der Waals surface area contributed by atoms with Crippen molar-refractivity contribution in [1.82, 2.24) is 0 Å². The Balaban J connectivity index is 0.00000277. The summed E-state index contributed by atoms with van der Waals surface area (Å²) in [6, 6.07) is 4.57. The average molecular weight is 345 g/mol. The summed E-state index contributed by atoms with van der Waals surface area (Å²) in [5.74, 6) is 0.137. The van der Waals surface area contributed by atoms with Crippen molar-refractivity contribution < 1.29 is 9.13 Å². The van der Waals surface area contributed by atoms with E-state index in [2.05, 4.69) is 16.6 Å². The van der Waals surface area contributed by atoms with Crippen LogP contribution in [0, 0.1) is 12.7 Å². The highest BCUT2D eigenvalue weighted by atomic mass is 19.1. The first-order chi connectivity index (χ1) is 12.0. The van der Waals surface area contributed by atoms with E-state index < -0.39 is 0 Å². The van der Waals surface area contributed by atoms with Crippen LogP contribution in [-0.4, -0.2) is 25.5 Å².